The Kier molecular flexibility index (Phi) is 6.03. The number of nitrogens with zero attached hydrogens (tertiary/aromatic N) is 1. The summed E-state index contributed by atoms with van der Waals surface area (Å²) >= 11 is 1.83. The molecule has 3 heteroatoms. The number of hydrogen-bond donors (Lipinski definition) is 0. The van der Waals surface area contributed by atoms with Crippen molar-refractivity contribution in [3.8, 4) is 22.3 Å². The molecular formula is C42H27NOS. The Labute approximate surface area is 265 Å². The van der Waals surface area contributed by atoms with Gasteiger partial charge in [0.1, 0.15) is 11.2 Å². The van der Waals surface area contributed by atoms with E-state index >= 15 is 0 Å². The molecule has 2 nitrogen and oxygen atoms in total. The highest BCUT2D eigenvalue weighted by molar-refractivity contribution is 7.26. The van der Waals surface area contributed by atoms with Crippen LogP contribution in [0.2, 0.25) is 0 Å². The lowest BCUT2D eigenvalue weighted by Crippen LogP contribution is -2.10. The first-order chi connectivity index (χ1) is 22.3. The van der Waals surface area contributed by atoms with Gasteiger partial charge in [0.05, 0.1) is 10.4 Å². The molecule has 2 heterocycles. The molecule has 0 aliphatic rings. The van der Waals surface area contributed by atoms with Crippen molar-refractivity contribution < 1.29 is 4.42 Å². The second kappa shape index (κ2) is 10.5. The van der Waals surface area contributed by atoms with E-state index in [0.29, 0.717) is 0 Å². The van der Waals surface area contributed by atoms with Gasteiger partial charge in [0, 0.05) is 37.6 Å². The molecule has 0 amide bonds. The van der Waals surface area contributed by atoms with Crippen LogP contribution in [-0.4, -0.2) is 0 Å². The lowest BCUT2D eigenvalue weighted by molar-refractivity contribution is 0.673. The van der Waals surface area contributed by atoms with Gasteiger partial charge in [-0.3, -0.25) is 0 Å². The summed E-state index contributed by atoms with van der Waals surface area (Å²) in [4.78, 5) is 2.39. The summed E-state index contributed by atoms with van der Waals surface area (Å²) in [5.74, 6) is 0. The van der Waals surface area contributed by atoms with Gasteiger partial charge >= 0.3 is 0 Å². The first-order valence-electron chi connectivity index (χ1n) is 15.2. The molecule has 0 saturated carbocycles. The van der Waals surface area contributed by atoms with Crippen LogP contribution < -0.4 is 4.90 Å². The van der Waals surface area contributed by atoms with E-state index in [4.69, 9.17) is 4.42 Å². The van der Waals surface area contributed by atoms with Crippen LogP contribution in [0.3, 0.4) is 0 Å². The average molecular weight is 594 g/mol. The molecule has 0 bridgehead atoms. The van der Waals surface area contributed by atoms with Gasteiger partial charge in [0.2, 0.25) is 0 Å². The van der Waals surface area contributed by atoms with Crippen molar-refractivity contribution in [1.29, 1.82) is 0 Å². The predicted molar refractivity (Wildman–Crippen MR) is 192 cm³/mol. The maximum Gasteiger partial charge on any atom is 0.144 e. The maximum atomic E-state index is 6.57. The molecule has 9 aromatic rings. The largest absolute Gasteiger partial charge is 0.455 e. The Morgan fingerprint density at radius 1 is 0.444 bits per heavy atom. The Hall–Kier alpha value is -5.64. The summed E-state index contributed by atoms with van der Waals surface area (Å²) in [6, 6.07) is 58.3. The maximum absolute atomic E-state index is 6.57. The fourth-order valence-electron chi connectivity index (χ4n) is 6.51. The molecule has 0 radical (unpaired) electrons. The molecule has 45 heavy (non-hydrogen) atoms. The first kappa shape index (κ1) is 25.8. The number of hydrogen-bond acceptors (Lipinski definition) is 3. The van der Waals surface area contributed by atoms with Crippen LogP contribution in [0, 0.1) is 0 Å². The number of rotatable bonds is 5. The smallest absolute Gasteiger partial charge is 0.144 e. The van der Waals surface area contributed by atoms with Crippen LogP contribution >= 0.6 is 11.3 Å². The molecule has 0 fully saturated rings. The van der Waals surface area contributed by atoms with Crippen molar-refractivity contribution in [3.63, 3.8) is 0 Å². The quantitative estimate of drug-likeness (QED) is 0.197. The van der Waals surface area contributed by atoms with Gasteiger partial charge < -0.3 is 9.32 Å². The molecule has 0 saturated heterocycles. The number of fused-ring (bicyclic) bond motifs is 7. The van der Waals surface area contributed by atoms with Crippen molar-refractivity contribution >= 4 is 70.5 Å². The van der Waals surface area contributed by atoms with Gasteiger partial charge in [0.15, 0.2) is 0 Å². The van der Waals surface area contributed by atoms with E-state index in [0.717, 1.165) is 39.0 Å². The van der Waals surface area contributed by atoms with E-state index in [-0.39, 0.29) is 0 Å². The lowest BCUT2D eigenvalue weighted by atomic mass is 10.00. The van der Waals surface area contributed by atoms with Gasteiger partial charge in [-0.25, -0.2) is 0 Å². The molecule has 0 aliphatic heterocycles. The number of anilines is 3. The van der Waals surface area contributed by atoms with Crippen LogP contribution in [0.5, 0.6) is 0 Å². The van der Waals surface area contributed by atoms with Crippen molar-refractivity contribution in [2.75, 3.05) is 4.90 Å². The third-order valence-electron chi connectivity index (χ3n) is 8.68. The minimum absolute atomic E-state index is 0.912. The van der Waals surface area contributed by atoms with Gasteiger partial charge in [-0.05, 0) is 64.7 Å². The fourth-order valence-corrected chi connectivity index (χ4v) is 7.71. The Morgan fingerprint density at radius 2 is 0.978 bits per heavy atom. The Morgan fingerprint density at radius 3 is 1.69 bits per heavy atom. The van der Waals surface area contributed by atoms with Gasteiger partial charge in [-0.1, -0.05) is 121 Å². The molecule has 0 aliphatic carbocycles. The summed E-state index contributed by atoms with van der Waals surface area (Å²) in [6.07, 6.45) is 0. The van der Waals surface area contributed by atoms with E-state index in [9.17, 15) is 0 Å². The monoisotopic (exact) mass is 593 g/mol. The molecular weight excluding hydrogens is 567 g/mol. The van der Waals surface area contributed by atoms with E-state index in [1.54, 1.807) is 0 Å². The van der Waals surface area contributed by atoms with E-state index in [1.165, 1.54) is 42.4 Å². The Bertz CT molecular complexity index is 2460. The normalized spacial score (nSPS) is 11.6. The molecule has 9 rings (SSSR count). The molecule has 2 aromatic heterocycles. The van der Waals surface area contributed by atoms with E-state index in [1.807, 2.05) is 17.4 Å². The predicted octanol–water partition coefficient (Wildman–Crippen LogP) is 12.8. The van der Waals surface area contributed by atoms with Crippen molar-refractivity contribution in [3.05, 3.63) is 164 Å². The zero-order valence-corrected chi connectivity index (χ0v) is 25.2. The zero-order chi connectivity index (χ0) is 29.7. The molecule has 0 spiro atoms. The zero-order valence-electron chi connectivity index (χ0n) is 24.4. The standard InChI is InChI=1S/C42H27NOS/c1-3-11-28(12-4-1)29-19-21-30(22-20-29)31-23-25-33(26-24-31)43(32-13-5-2-6-14-32)37-27-36-34-15-7-9-17-38(34)44-41(36)40-35-16-8-10-18-39(35)45-42(37)40/h1-27H. The van der Waals surface area contributed by atoms with E-state index < -0.39 is 0 Å². The fraction of sp³-hybridized carbons (Fsp3) is 0. The molecule has 212 valence electrons. The average Bonchev–Trinajstić information content (AvgIpc) is 3.69. The lowest BCUT2D eigenvalue weighted by Gasteiger charge is -2.26. The van der Waals surface area contributed by atoms with Crippen LogP contribution in [0.25, 0.3) is 64.4 Å². The molecule has 0 N–H and O–H groups in total. The highest BCUT2D eigenvalue weighted by atomic mass is 32.1. The summed E-state index contributed by atoms with van der Waals surface area (Å²) < 4.78 is 9.04. The van der Waals surface area contributed by atoms with Crippen LogP contribution in [0.1, 0.15) is 0 Å². The minimum Gasteiger partial charge on any atom is -0.455 e. The van der Waals surface area contributed by atoms with Gasteiger partial charge in [-0.2, -0.15) is 0 Å². The summed E-state index contributed by atoms with van der Waals surface area (Å²) in [7, 11) is 0. The summed E-state index contributed by atoms with van der Waals surface area (Å²) in [6.45, 7) is 0. The highest BCUT2D eigenvalue weighted by Crippen LogP contribution is 2.49. The van der Waals surface area contributed by atoms with Crippen molar-refractivity contribution in [2.45, 2.75) is 0 Å². The van der Waals surface area contributed by atoms with Crippen molar-refractivity contribution in [1.82, 2.24) is 0 Å². The molecule has 7 aromatic carbocycles. The number of para-hydroxylation sites is 2. The number of benzene rings is 7. The summed E-state index contributed by atoms with van der Waals surface area (Å²) in [5.41, 5.74) is 10.1. The SMILES string of the molecule is c1ccc(-c2ccc(-c3ccc(N(c4ccccc4)c4cc5c6ccccc6oc5c5c4sc4ccccc45)cc3)cc2)cc1. The third kappa shape index (κ3) is 4.32. The Balaban J connectivity index is 1.23. The third-order valence-corrected chi connectivity index (χ3v) is 9.87. The minimum atomic E-state index is 0.912. The molecule has 0 atom stereocenters. The number of thiophene rings is 1. The van der Waals surface area contributed by atoms with Gasteiger partial charge in [0.25, 0.3) is 0 Å². The highest BCUT2D eigenvalue weighted by Gasteiger charge is 2.23. The van der Waals surface area contributed by atoms with Crippen LogP contribution in [0.4, 0.5) is 17.1 Å². The topological polar surface area (TPSA) is 16.4 Å². The second-order valence-electron chi connectivity index (χ2n) is 11.3. The molecule has 0 unspecified atom stereocenters. The summed E-state index contributed by atoms with van der Waals surface area (Å²) in [5, 5.41) is 4.67. The van der Waals surface area contributed by atoms with Crippen LogP contribution in [0.15, 0.2) is 168 Å². The van der Waals surface area contributed by atoms with Gasteiger partial charge in [-0.15, -0.1) is 11.3 Å². The van der Waals surface area contributed by atoms with E-state index in [2.05, 4.69) is 163 Å². The van der Waals surface area contributed by atoms with Crippen LogP contribution in [-0.2, 0) is 0 Å². The first-order valence-corrected chi connectivity index (χ1v) is 16.0. The van der Waals surface area contributed by atoms with Crippen molar-refractivity contribution in [2.24, 2.45) is 0 Å². The number of furan rings is 1. The second-order valence-corrected chi connectivity index (χ2v) is 12.4.